The highest BCUT2D eigenvalue weighted by Crippen LogP contribution is 2.34. The minimum atomic E-state index is -1.54. The Bertz CT molecular complexity index is 913. The van der Waals surface area contributed by atoms with E-state index in [9.17, 15) is 5.11 Å². The first kappa shape index (κ1) is 23.8. The molecule has 0 amide bonds. The summed E-state index contributed by atoms with van der Waals surface area (Å²) in [6.07, 6.45) is 5.37. The Hall–Kier alpha value is -1.88. The summed E-state index contributed by atoms with van der Waals surface area (Å²) in [5, 5.41) is 18.1. The topological polar surface area (TPSA) is 71.7 Å². The van der Waals surface area contributed by atoms with Gasteiger partial charge in [-0.05, 0) is 56.8 Å². The lowest BCUT2D eigenvalue weighted by molar-refractivity contribution is 0.121. The van der Waals surface area contributed by atoms with Crippen molar-refractivity contribution in [3.63, 3.8) is 0 Å². The average molecular weight is 443 g/mol. The summed E-state index contributed by atoms with van der Waals surface area (Å²) in [5.74, 6) is 4.54. The number of hydrogen-bond acceptors (Lipinski definition) is 5. The molecule has 1 aliphatic rings. The zero-order chi connectivity index (χ0) is 22.4. The fraction of sp³-hybridized carbons (Fsp3) is 0.667. The molecule has 2 heterocycles. The molecule has 31 heavy (non-hydrogen) atoms. The molecule has 2 aromatic rings. The highest BCUT2D eigenvalue weighted by Gasteiger charge is 2.26. The van der Waals surface area contributed by atoms with Crippen molar-refractivity contribution in [1.29, 1.82) is 0 Å². The Morgan fingerprint density at radius 3 is 2.52 bits per heavy atom. The average Bonchev–Trinajstić information content (AvgIpc) is 3.14. The monoisotopic (exact) mass is 442 g/mol. The fourth-order valence-corrected chi connectivity index (χ4v) is 7.00. The van der Waals surface area contributed by atoms with Gasteiger partial charge in [0.2, 0.25) is 5.95 Å². The first-order chi connectivity index (χ1) is 14.9. The van der Waals surface area contributed by atoms with Crippen molar-refractivity contribution in [3.8, 4) is 11.5 Å². The molecule has 1 atom stereocenters. The number of rotatable bonds is 8. The van der Waals surface area contributed by atoms with E-state index in [0.29, 0.717) is 18.5 Å². The summed E-state index contributed by atoms with van der Waals surface area (Å²) >= 11 is 0. The van der Waals surface area contributed by atoms with Gasteiger partial charge in [0.05, 0.1) is 30.0 Å². The van der Waals surface area contributed by atoms with Crippen LogP contribution in [0.2, 0.25) is 18.1 Å². The molecule has 2 aromatic heterocycles. The van der Waals surface area contributed by atoms with Crippen LogP contribution in [-0.2, 0) is 4.74 Å². The third kappa shape index (κ3) is 5.49. The minimum absolute atomic E-state index is 0.121. The number of aliphatic hydroxyl groups is 1. The van der Waals surface area contributed by atoms with Gasteiger partial charge < -0.3 is 15.2 Å². The maximum Gasteiger partial charge on any atom is 0.241 e. The van der Waals surface area contributed by atoms with Crippen LogP contribution in [0.3, 0.4) is 0 Å². The predicted octanol–water partition coefficient (Wildman–Crippen LogP) is 4.59. The normalized spacial score (nSPS) is 20.3. The molecule has 0 radical (unpaired) electrons. The molecule has 170 valence electrons. The first-order valence-electron chi connectivity index (χ1n) is 11.8. The van der Waals surface area contributed by atoms with Crippen molar-refractivity contribution in [2.45, 2.75) is 89.6 Å². The van der Waals surface area contributed by atoms with Gasteiger partial charge in [0, 0.05) is 24.8 Å². The van der Waals surface area contributed by atoms with Gasteiger partial charge >= 0.3 is 0 Å². The molecule has 0 unspecified atom stereocenters. The lowest BCUT2D eigenvalue weighted by Crippen LogP contribution is -2.29. The molecule has 1 aliphatic carbocycles. The fourth-order valence-electron chi connectivity index (χ4n) is 4.57. The SMILES string of the molecule is CC[Si](C#Cc1cc([C@H]2CC[C@H](O)CC2)n2nc(N[C@@H](C)COC)ncc12)(CC)CC. The minimum Gasteiger partial charge on any atom is -0.393 e. The van der Waals surface area contributed by atoms with E-state index in [0.717, 1.165) is 36.8 Å². The molecule has 0 saturated heterocycles. The van der Waals surface area contributed by atoms with Crippen LogP contribution in [-0.4, -0.2) is 53.6 Å². The van der Waals surface area contributed by atoms with Crippen molar-refractivity contribution in [1.82, 2.24) is 14.6 Å². The maximum absolute atomic E-state index is 9.97. The molecule has 0 spiro atoms. The van der Waals surface area contributed by atoms with E-state index >= 15 is 0 Å². The summed E-state index contributed by atoms with van der Waals surface area (Å²) in [7, 11) is 0.156. The van der Waals surface area contributed by atoms with Crippen molar-refractivity contribution >= 4 is 19.5 Å². The van der Waals surface area contributed by atoms with Crippen LogP contribution in [0.15, 0.2) is 12.3 Å². The largest absolute Gasteiger partial charge is 0.393 e. The van der Waals surface area contributed by atoms with E-state index in [1.807, 2.05) is 10.7 Å². The van der Waals surface area contributed by atoms with Gasteiger partial charge in [-0.3, -0.25) is 0 Å². The van der Waals surface area contributed by atoms with Gasteiger partial charge in [0.1, 0.15) is 8.07 Å². The zero-order valence-electron chi connectivity index (χ0n) is 19.7. The number of fused-ring (bicyclic) bond motifs is 1. The van der Waals surface area contributed by atoms with Crippen molar-refractivity contribution in [2.24, 2.45) is 0 Å². The van der Waals surface area contributed by atoms with Gasteiger partial charge in [-0.25, -0.2) is 9.50 Å². The third-order valence-electron chi connectivity index (χ3n) is 6.94. The van der Waals surface area contributed by atoms with E-state index in [1.54, 1.807) is 7.11 Å². The lowest BCUT2D eigenvalue weighted by Gasteiger charge is -2.25. The molecule has 1 saturated carbocycles. The molecule has 7 heteroatoms. The highest BCUT2D eigenvalue weighted by molar-refractivity contribution is 6.87. The molecule has 0 aliphatic heterocycles. The summed E-state index contributed by atoms with van der Waals surface area (Å²) in [6.45, 7) is 9.50. The molecule has 6 nitrogen and oxygen atoms in total. The predicted molar refractivity (Wildman–Crippen MR) is 129 cm³/mol. The molecule has 3 rings (SSSR count). The maximum atomic E-state index is 9.97. The van der Waals surface area contributed by atoms with Crippen LogP contribution in [0.5, 0.6) is 0 Å². The third-order valence-corrected chi connectivity index (χ3v) is 11.7. The van der Waals surface area contributed by atoms with E-state index < -0.39 is 8.07 Å². The first-order valence-corrected chi connectivity index (χ1v) is 14.4. The van der Waals surface area contributed by atoms with Crippen molar-refractivity contribution in [3.05, 3.63) is 23.5 Å². The Morgan fingerprint density at radius 1 is 1.23 bits per heavy atom. The smallest absolute Gasteiger partial charge is 0.241 e. The van der Waals surface area contributed by atoms with Gasteiger partial charge in [0.25, 0.3) is 0 Å². The summed E-state index contributed by atoms with van der Waals surface area (Å²) in [6, 6.07) is 5.91. The van der Waals surface area contributed by atoms with Gasteiger partial charge in [-0.15, -0.1) is 10.6 Å². The van der Waals surface area contributed by atoms with E-state index in [-0.39, 0.29) is 12.1 Å². The molecular weight excluding hydrogens is 404 g/mol. The molecular formula is C24H38N4O2Si. The second-order valence-corrected chi connectivity index (χ2v) is 13.9. The molecule has 0 aromatic carbocycles. The van der Waals surface area contributed by atoms with Crippen LogP contribution in [0, 0.1) is 11.5 Å². The summed E-state index contributed by atoms with van der Waals surface area (Å²) < 4.78 is 7.27. The Kier molecular flexibility index (Phi) is 8.15. The second kappa shape index (κ2) is 10.6. The van der Waals surface area contributed by atoms with Crippen molar-refractivity contribution in [2.75, 3.05) is 19.0 Å². The number of nitrogens with zero attached hydrogens (tertiary/aromatic N) is 3. The zero-order valence-corrected chi connectivity index (χ0v) is 20.7. The second-order valence-electron chi connectivity index (χ2n) is 8.96. The lowest BCUT2D eigenvalue weighted by atomic mass is 9.85. The summed E-state index contributed by atoms with van der Waals surface area (Å²) in [4.78, 5) is 4.57. The Balaban J connectivity index is 2.03. The van der Waals surface area contributed by atoms with Crippen molar-refractivity contribution < 1.29 is 9.84 Å². The van der Waals surface area contributed by atoms with Crippen LogP contribution >= 0.6 is 0 Å². The van der Waals surface area contributed by atoms with Crippen LogP contribution in [0.25, 0.3) is 5.52 Å². The number of methoxy groups -OCH3 is 1. The number of ether oxygens (including phenoxy) is 1. The number of hydrogen-bond donors (Lipinski definition) is 2. The van der Waals surface area contributed by atoms with E-state index in [2.05, 4.69) is 55.5 Å². The van der Waals surface area contributed by atoms with Gasteiger partial charge in [-0.1, -0.05) is 26.7 Å². The quantitative estimate of drug-likeness (QED) is 0.462. The number of aliphatic hydroxyl groups excluding tert-OH is 1. The number of aromatic nitrogens is 3. The number of nitrogens with one attached hydrogen (secondary N) is 1. The van der Waals surface area contributed by atoms with Crippen LogP contribution in [0.4, 0.5) is 5.95 Å². The Morgan fingerprint density at radius 2 is 1.90 bits per heavy atom. The highest BCUT2D eigenvalue weighted by atomic mass is 28.3. The van der Waals surface area contributed by atoms with E-state index in [4.69, 9.17) is 9.84 Å². The van der Waals surface area contributed by atoms with E-state index in [1.165, 1.54) is 23.8 Å². The standard InChI is InChI=1S/C24H38N4O2Si/c1-6-31(7-2,8-3)14-13-20-15-22(19-9-11-21(29)12-10-19)28-23(20)16-25-24(27-28)26-18(4)17-30-5/h15-16,18-19,21,29H,6-12,17H2,1-5H3,(H,26,27)/t18-,19-,21-/m0/s1. The molecule has 0 bridgehead atoms. The summed E-state index contributed by atoms with van der Waals surface area (Å²) in [5.41, 5.74) is 6.92. The van der Waals surface area contributed by atoms with Gasteiger partial charge in [0.15, 0.2) is 0 Å². The van der Waals surface area contributed by atoms with Gasteiger partial charge in [-0.2, -0.15) is 0 Å². The Labute approximate surface area is 187 Å². The van der Waals surface area contributed by atoms with Crippen LogP contribution in [0.1, 0.15) is 70.6 Å². The van der Waals surface area contributed by atoms with Crippen LogP contribution < -0.4 is 5.32 Å². The molecule has 2 N–H and O–H groups in total. The molecule has 1 fully saturated rings. The number of anilines is 1.